The van der Waals surface area contributed by atoms with E-state index in [1.165, 1.54) is 27.9 Å². The number of aromatic nitrogens is 1. The number of hydrogen-bond acceptors (Lipinski definition) is 4. The third kappa shape index (κ3) is 3.81. The van der Waals surface area contributed by atoms with E-state index in [0.717, 1.165) is 28.2 Å². The Hall–Kier alpha value is -3.42. The minimum atomic E-state index is -0.449. The van der Waals surface area contributed by atoms with Gasteiger partial charge in [0.05, 0.1) is 10.6 Å². The summed E-state index contributed by atoms with van der Waals surface area (Å²) in [6.45, 7) is 8.21. The summed E-state index contributed by atoms with van der Waals surface area (Å²) in [7, 11) is 0. The van der Waals surface area contributed by atoms with Gasteiger partial charge < -0.3 is 4.57 Å². The van der Waals surface area contributed by atoms with Crippen molar-refractivity contribution in [2.75, 3.05) is 0 Å². The lowest BCUT2D eigenvalue weighted by Gasteiger charge is -2.20. The Morgan fingerprint density at radius 1 is 1.03 bits per heavy atom. The second-order valence-corrected chi connectivity index (χ2v) is 9.78. The van der Waals surface area contributed by atoms with Crippen molar-refractivity contribution >= 4 is 51.4 Å². The first-order chi connectivity index (χ1) is 16.2. The second kappa shape index (κ2) is 8.42. The predicted molar refractivity (Wildman–Crippen MR) is 140 cm³/mol. The van der Waals surface area contributed by atoms with Crippen LogP contribution in [0.3, 0.4) is 0 Å². The smallest absolute Gasteiger partial charge is 0.283 e. The van der Waals surface area contributed by atoms with Gasteiger partial charge >= 0.3 is 0 Å². The fourth-order valence-electron chi connectivity index (χ4n) is 4.30. The molecule has 170 valence electrons. The first-order valence-corrected chi connectivity index (χ1v) is 11.9. The maximum Gasteiger partial charge on any atom is 0.283 e. The molecule has 3 heterocycles. The van der Waals surface area contributed by atoms with Gasteiger partial charge in [0, 0.05) is 22.6 Å². The molecule has 6 nitrogen and oxygen atoms in total. The second-order valence-electron chi connectivity index (χ2n) is 8.41. The monoisotopic (exact) mass is 487 g/mol. The van der Waals surface area contributed by atoms with Gasteiger partial charge in [0.15, 0.2) is 5.84 Å². The van der Waals surface area contributed by atoms with Crippen LogP contribution in [0.5, 0.6) is 0 Å². The number of amidine groups is 2. The number of benzene rings is 2. The molecule has 0 bridgehead atoms. The van der Waals surface area contributed by atoms with Gasteiger partial charge in [0.25, 0.3) is 5.91 Å². The number of aliphatic imine (C=N–C) groups is 1. The van der Waals surface area contributed by atoms with Crippen LogP contribution in [0.25, 0.3) is 11.8 Å². The fourth-order valence-corrected chi connectivity index (χ4v) is 5.51. The van der Waals surface area contributed by atoms with Crippen LogP contribution in [0.15, 0.2) is 64.2 Å². The number of amides is 1. The normalized spacial score (nSPS) is 16.7. The van der Waals surface area contributed by atoms with Crippen LogP contribution in [0.1, 0.15) is 33.6 Å². The van der Waals surface area contributed by atoms with Gasteiger partial charge in [-0.1, -0.05) is 35.9 Å². The largest absolute Gasteiger partial charge is 0.318 e. The summed E-state index contributed by atoms with van der Waals surface area (Å²) in [5.41, 5.74) is 7.30. The summed E-state index contributed by atoms with van der Waals surface area (Å²) >= 11 is 7.56. The molecule has 8 heteroatoms. The molecule has 5 rings (SSSR count). The van der Waals surface area contributed by atoms with Gasteiger partial charge in [-0.15, -0.1) is 0 Å². The number of halogens is 1. The van der Waals surface area contributed by atoms with Crippen molar-refractivity contribution in [3.63, 3.8) is 0 Å². The predicted octanol–water partition coefficient (Wildman–Crippen LogP) is 6.03. The number of nitrogens with one attached hydrogen (secondary N) is 1. The molecule has 0 atom stereocenters. The molecule has 0 unspecified atom stereocenters. The van der Waals surface area contributed by atoms with Gasteiger partial charge in [0.2, 0.25) is 5.17 Å². The summed E-state index contributed by atoms with van der Waals surface area (Å²) in [6, 6.07) is 15.8. The van der Waals surface area contributed by atoms with E-state index in [9.17, 15) is 4.79 Å². The van der Waals surface area contributed by atoms with E-state index in [0.29, 0.717) is 15.2 Å². The van der Waals surface area contributed by atoms with Gasteiger partial charge in [-0.05, 0) is 86.5 Å². The molecule has 2 aliphatic heterocycles. The highest BCUT2D eigenvalue weighted by Gasteiger charge is 2.36. The zero-order valence-corrected chi connectivity index (χ0v) is 20.8. The molecule has 34 heavy (non-hydrogen) atoms. The Bertz CT molecular complexity index is 1460. The van der Waals surface area contributed by atoms with Crippen LogP contribution in [0.2, 0.25) is 5.02 Å². The maximum absolute atomic E-state index is 12.9. The van der Waals surface area contributed by atoms with E-state index in [-0.39, 0.29) is 11.4 Å². The highest BCUT2D eigenvalue weighted by molar-refractivity contribution is 8.27. The molecule has 2 aromatic carbocycles. The Balaban J connectivity index is 1.53. The van der Waals surface area contributed by atoms with Gasteiger partial charge in [-0.2, -0.15) is 15.1 Å². The lowest BCUT2D eigenvalue weighted by atomic mass is 10.1. The first-order valence-electron chi connectivity index (χ1n) is 10.8. The standard InChI is InChI=1S/C26H22ClN5OS/c1-14-9-15(2)11-19(10-14)31-16(3)12-18(17(31)4)13-21-23(28)32-26(29-24(21)33)34-25(30-32)20-7-5-6-8-22(20)27/h5-13,28H,1-4H3. The average Bonchev–Trinajstić information content (AvgIpc) is 3.31. The first kappa shape index (κ1) is 22.4. The highest BCUT2D eigenvalue weighted by atomic mass is 35.5. The molecule has 0 aliphatic carbocycles. The third-order valence-corrected chi connectivity index (χ3v) is 7.06. The van der Waals surface area contributed by atoms with Crippen molar-refractivity contribution in [2.24, 2.45) is 10.1 Å². The van der Waals surface area contributed by atoms with E-state index in [4.69, 9.17) is 17.0 Å². The Morgan fingerprint density at radius 2 is 1.74 bits per heavy atom. The van der Waals surface area contributed by atoms with Crippen molar-refractivity contribution in [2.45, 2.75) is 27.7 Å². The van der Waals surface area contributed by atoms with Gasteiger partial charge in [0.1, 0.15) is 5.04 Å². The fraction of sp³-hybridized carbons (Fsp3) is 0.154. The van der Waals surface area contributed by atoms with Crippen LogP contribution in [-0.4, -0.2) is 31.5 Å². The Kier molecular flexibility index (Phi) is 5.54. The molecular weight excluding hydrogens is 466 g/mol. The molecule has 1 N–H and O–H groups in total. The van der Waals surface area contributed by atoms with E-state index >= 15 is 0 Å². The van der Waals surface area contributed by atoms with Gasteiger partial charge in [-0.3, -0.25) is 10.2 Å². The molecule has 1 amide bonds. The number of aryl methyl sites for hydroxylation is 3. The number of hydrazone groups is 1. The zero-order chi connectivity index (χ0) is 24.1. The van der Waals surface area contributed by atoms with Crippen LogP contribution in [0, 0.1) is 33.1 Å². The number of hydrogen-bond donors (Lipinski definition) is 1. The molecule has 0 fully saturated rings. The molecular formula is C26H22ClN5OS. The molecule has 3 aromatic rings. The van der Waals surface area contributed by atoms with Crippen LogP contribution < -0.4 is 0 Å². The number of rotatable bonds is 3. The van der Waals surface area contributed by atoms with E-state index in [1.54, 1.807) is 12.1 Å². The Morgan fingerprint density at radius 3 is 2.44 bits per heavy atom. The third-order valence-electron chi connectivity index (χ3n) is 5.79. The minimum Gasteiger partial charge on any atom is -0.318 e. The number of carbonyl (C=O) groups is 1. The molecule has 0 saturated heterocycles. The van der Waals surface area contributed by atoms with Crippen molar-refractivity contribution < 1.29 is 4.79 Å². The lowest BCUT2D eigenvalue weighted by Crippen LogP contribution is -2.35. The van der Waals surface area contributed by atoms with Gasteiger partial charge in [-0.25, -0.2) is 0 Å². The van der Waals surface area contributed by atoms with Crippen LogP contribution >= 0.6 is 23.4 Å². The van der Waals surface area contributed by atoms with Crippen molar-refractivity contribution in [1.82, 2.24) is 9.58 Å². The minimum absolute atomic E-state index is 0.000701. The lowest BCUT2D eigenvalue weighted by molar-refractivity contribution is -0.114. The average molecular weight is 488 g/mol. The summed E-state index contributed by atoms with van der Waals surface area (Å²) in [6.07, 6.45) is 1.74. The maximum atomic E-state index is 12.9. The molecule has 0 saturated carbocycles. The van der Waals surface area contributed by atoms with Crippen LogP contribution in [0.4, 0.5) is 0 Å². The molecule has 0 radical (unpaired) electrons. The van der Waals surface area contributed by atoms with Crippen molar-refractivity contribution in [1.29, 1.82) is 5.41 Å². The summed E-state index contributed by atoms with van der Waals surface area (Å²) in [4.78, 5) is 17.1. The van der Waals surface area contributed by atoms with E-state index in [2.05, 4.69) is 46.7 Å². The summed E-state index contributed by atoms with van der Waals surface area (Å²) < 4.78 is 2.16. The molecule has 0 spiro atoms. The highest BCUT2D eigenvalue weighted by Crippen LogP contribution is 2.33. The van der Waals surface area contributed by atoms with E-state index < -0.39 is 5.91 Å². The number of thioether (sulfide) groups is 1. The zero-order valence-electron chi connectivity index (χ0n) is 19.2. The number of carbonyl (C=O) groups excluding carboxylic acids is 1. The quantitative estimate of drug-likeness (QED) is 0.458. The SMILES string of the molecule is Cc1cc(C)cc(-n2c(C)cc(C=C3C(=N)N4N=C(c5ccccc5Cl)SC4=NC3=O)c2C)c1. The summed E-state index contributed by atoms with van der Waals surface area (Å²) in [5.74, 6) is -0.448. The van der Waals surface area contributed by atoms with E-state index in [1.807, 2.05) is 38.1 Å². The Labute approximate surface area is 207 Å². The van der Waals surface area contributed by atoms with Crippen molar-refractivity contribution in [3.8, 4) is 5.69 Å². The number of fused-ring (bicyclic) bond motifs is 1. The molecule has 1 aromatic heterocycles. The topological polar surface area (TPSA) is 73.8 Å². The van der Waals surface area contributed by atoms with Crippen LogP contribution in [-0.2, 0) is 4.79 Å². The summed E-state index contributed by atoms with van der Waals surface area (Å²) in [5, 5.41) is 16.2. The number of nitrogens with zero attached hydrogens (tertiary/aromatic N) is 4. The molecule has 2 aliphatic rings. The van der Waals surface area contributed by atoms with Crippen molar-refractivity contribution in [3.05, 3.63) is 92.8 Å².